The maximum absolute atomic E-state index is 3.95. The summed E-state index contributed by atoms with van der Waals surface area (Å²) in [7, 11) is 0. The van der Waals surface area contributed by atoms with Gasteiger partial charge in [0.05, 0.1) is 0 Å². The average Bonchev–Trinajstić information content (AvgIpc) is 2.27. The van der Waals surface area contributed by atoms with Crippen LogP contribution in [0.15, 0.2) is 18.2 Å². The lowest BCUT2D eigenvalue weighted by Gasteiger charge is -2.17. The molecule has 0 amide bonds. The lowest BCUT2D eigenvalue weighted by Crippen LogP contribution is -2.02. The normalized spacial score (nSPS) is 11.1. The largest absolute Gasteiger partial charge is 0.0651 e. The highest BCUT2D eigenvalue weighted by Gasteiger charge is 2.09. The zero-order chi connectivity index (χ0) is 12.0. The Hall–Kier alpha value is -0.780. The van der Waals surface area contributed by atoms with Gasteiger partial charge in [0.1, 0.15) is 0 Å². The molecule has 0 saturated carbocycles. The van der Waals surface area contributed by atoms with Gasteiger partial charge < -0.3 is 0 Å². The molecule has 0 nitrogen and oxygen atoms in total. The first kappa shape index (κ1) is 13.3. The van der Waals surface area contributed by atoms with E-state index in [1.807, 2.05) is 0 Å². The van der Waals surface area contributed by atoms with Crippen molar-refractivity contribution in [3.05, 3.63) is 41.8 Å². The van der Waals surface area contributed by atoms with Crippen molar-refractivity contribution in [3.8, 4) is 0 Å². The van der Waals surface area contributed by atoms with Gasteiger partial charge in [0.25, 0.3) is 0 Å². The second-order valence-corrected chi connectivity index (χ2v) is 4.85. The summed E-state index contributed by atoms with van der Waals surface area (Å²) in [6.45, 7) is 10.8. The average molecular weight is 217 g/mol. The van der Waals surface area contributed by atoms with E-state index < -0.39 is 0 Å². The molecule has 0 fully saturated rings. The van der Waals surface area contributed by atoms with Gasteiger partial charge in [-0.3, -0.25) is 0 Å². The lowest BCUT2D eigenvalue weighted by molar-refractivity contribution is 0.773. The maximum atomic E-state index is 3.95. The van der Waals surface area contributed by atoms with Gasteiger partial charge in [-0.25, -0.2) is 0 Å². The third kappa shape index (κ3) is 3.37. The van der Waals surface area contributed by atoms with E-state index in [1.165, 1.54) is 25.7 Å². The van der Waals surface area contributed by atoms with Gasteiger partial charge in [-0.2, -0.15) is 0 Å². The van der Waals surface area contributed by atoms with Gasteiger partial charge in [-0.1, -0.05) is 58.7 Å². The summed E-state index contributed by atoms with van der Waals surface area (Å²) in [5, 5.41) is 0. The van der Waals surface area contributed by atoms with Crippen LogP contribution in [-0.2, 0) is 12.8 Å². The van der Waals surface area contributed by atoms with E-state index in [0.29, 0.717) is 5.92 Å². The predicted octanol–water partition coefficient (Wildman–Crippen LogP) is 4.92. The summed E-state index contributed by atoms with van der Waals surface area (Å²) in [5.74, 6) is 0.636. The fourth-order valence-electron chi connectivity index (χ4n) is 2.31. The molecule has 0 atom stereocenters. The fraction of sp³-hybridized carbons (Fsp3) is 0.562. The first-order valence-electron chi connectivity index (χ1n) is 6.60. The molecule has 0 unspecified atom stereocenters. The number of aryl methyl sites for hydroxylation is 1. The third-order valence-electron chi connectivity index (χ3n) is 3.13. The van der Waals surface area contributed by atoms with Gasteiger partial charge in [0, 0.05) is 0 Å². The van der Waals surface area contributed by atoms with Crippen LogP contribution in [-0.4, -0.2) is 0 Å². The van der Waals surface area contributed by atoms with Gasteiger partial charge in [0.2, 0.25) is 0 Å². The zero-order valence-electron chi connectivity index (χ0n) is 11.1. The van der Waals surface area contributed by atoms with Crippen LogP contribution in [0.2, 0.25) is 0 Å². The van der Waals surface area contributed by atoms with Crippen LogP contribution in [0, 0.1) is 6.92 Å². The Morgan fingerprint density at radius 2 is 1.94 bits per heavy atom. The summed E-state index contributed by atoms with van der Waals surface area (Å²) >= 11 is 0. The Morgan fingerprint density at radius 1 is 1.19 bits per heavy atom. The van der Waals surface area contributed by atoms with E-state index in [4.69, 9.17) is 0 Å². The summed E-state index contributed by atoms with van der Waals surface area (Å²) in [5.41, 5.74) is 4.70. The molecule has 1 aromatic rings. The van der Waals surface area contributed by atoms with Crippen molar-refractivity contribution in [3.63, 3.8) is 0 Å². The lowest BCUT2D eigenvalue weighted by atomic mass is 9.89. The number of rotatable bonds is 6. The van der Waals surface area contributed by atoms with Crippen molar-refractivity contribution in [2.75, 3.05) is 0 Å². The molecule has 1 aromatic carbocycles. The molecule has 0 N–H and O–H groups in total. The van der Waals surface area contributed by atoms with Crippen LogP contribution in [0.5, 0.6) is 0 Å². The van der Waals surface area contributed by atoms with Crippen molar-refractivity contribution in [1.29, 1.82) is 0 Å². The summed E-state index contributed by atoms with van der Waals surface area (Å²) < 4.78 is 0. The first-order chi connectivity index (χ1) is 7.70. The Morgan fingerprint density at radius 3 is 2.50 bits per heavy atom. The van der Waals surface area contributed by atoms with E-state index >= 15 is 0 Å². The van der Waals surface area contributed by atoms with Crippen molar-refractivity contribution in [2.45, 2.75) is 58.8 Å². The van der Waals surface area contributed by atoms with Crippen molar-refractivity contribution < 1.29 is 0 Å². The van der Waals surface area contributed by atoms with Gasteiger partial charge >= 0.3 is 0 Å². The van der Waals surface area contributed by atoms with Crippen molar-refractivity contribution in [1.82, 2.24) is 0 Å². The van der Waals surface area contributed by atoms with Crippen LogP contribution in [0.25, 0.3) is 0 Å². The second-order valence-electron chi connectivity index (χ2n) is 4.85. The molecular formula is C16H25. The minimum atomic E-state index is 0.636. The topological polar surface area (TPSA) is 0 Å². The molecule has 0 aliphatic rings. The standard InChI is InChI=1S/C16H25/c1-5-7-11-16-14(9-6-2)10-8-12-15(16)13(3)4/h8,10,12-13H,1,5-7,9,11H2,2-4H3. The molecule has 89 valence electrons. The van der Waals surface area contributed by atoms with Crippen molar-refractivity contribution >= 4 is 0 Å². The van der Waals surface area contributed by atoms with E-state index in [9.17, 15) is 0 Å². The molecule has 0 bridgehead atoms. The summed E-state index contributed by atoms with van der Waals surface area (Å²) in [6, 6.07) is 6.81. The summed E-state index contributed by atoms with van der Waals surface area (Å²) in [6.07, 6.45) is 5.90. The Bertz CT molecular complexity index is 310. The van der Waals surface area contributed by atoms with Crippen LogP contribution < -0.4 is 0 Å². The van der Waals surface area contributed by atoms with Crippen LogP contribution in [0.4, 0.5) is 0 Å². The molecule has 0 spiro atoms. The molecular weight excluding hydrogens is 192 g/mol. The van der Waals surface area contributed by atoms with Crippen molar-refractivity contribution in [2.24, 2.45) is 0 Å². The quantitative estimate of drug-likeness (QED) is 0.634. The number of benzene rings is 1. The van der Waals surface area contributed by atoms with E-state index in [1.54, 1.807) is 16.7 Å². The number of hydrogen-bond acceptors (Lipinski definition) is 0. The number of unbranched alkanes of at least 4 members (excludes halogenated alkanes) is 1. The SMILES string of the molecule is [CH2]CCCc1c(CCC)cccc1C(C)C. The van der Waals surface area contributed by atoms with Crippen LogP contribution in [0.1, 0.15) is 62.6 Å². The molecule has 0 heteroatoms. The highest BCUT2D eigenvalue weighted by atomic mass is 14.1. The highest BCUT2D eigenvalue weighted by Crippen LogP contribution is 2.25. The molecule has 0 aliphatic heterocycles. The van der Waals surface area contributed by atoms with Crippen LogP contribution in [0.3, 0.4) is 0 Å². The Kier molecular flexibility index (Phi) is 5.59. The minimum absolute atomic E-state index is 0.636. The summed E-state index contributed by atoms with van der Waals surface area (Å²) in [4.78, 5) is 0. The predicted molar refractivity (Wildman–Crippen MR) is 72.8 cm³/mol. The smallest absolute Gasteiger partial charge is 0.0216 e. The monoisotopic (exact) mass is 217 g/mol. The van der Waals surface area contributed by atoms with E-state index in [2.05, 4.69) is 45.9 Å². The molecule has 0 heterocycles. The molecule has 0 aliphatic carbocycles. The minimum Gasteiger partial charge on any atom is -0.0651 e. The number of hydrogen-bond donors (Lipinski definition) is 0. The maximum Gasteiger partial charge on any atom is -0.0216 e. The van der Waals surface area contributed by atoms with E-state index in [0.717, 1.165) is 6.42 Å². The Labute approximate surface area is 101 Å². The van der Waals surface area contributed by atoms with E-state index in [-0.39, 0.29) is 0 Å². The molecule has 0 saturated heterocycles. The molecule has 16 heavy (non-hydrogen) atoms. The third-order valence-corrected chi connectivity index (χ3v) is 3.13. The highest BCUT2D eigenvalue weighted by molar-refractivity contribution is 5.37. The molecule has 1 rings (SSSR count). The molecule has 1 radical (unpaired) electrons. The van der Waals surface area contributed by atoms with Gasteiger partial charge in [-0.05, 0) is 41.9 Å². The van der Waals surface area contributed by atoms with Crippen LogP contribution >= 0.6 is 0 Å². The first-order valence-corrected chi connectivity index (χ1v) is 6.60. The van der Waals surface area contributed by atoms with Gasteiger partial charge in [-0.15, -0.1) is 0 Å². The molecule has 0 aromatic heterocycles. The Balaban J connectivity index is 3.02. The fourth-order valence-corrected chi connectivity index (χ4v) is 2.31. The van der Waals surface area contributed by atoms with Gasteiger partial charge in [0.15, 0.2) is 0 Å². The second kappa shape index (κ2) is 6.73. The zero-order valence-corrected chi connectivity index (χ0v) is 11.1.